The summed E-state index contributed by atoms with van der Waals surface area (Å²) in [6.07, 6.45) is 0.0848. The average molecular weight is 281 g/mol. The van der Waals surface area contributed by atoms with Gasteiger partial charge in [0.25, 0.3) is 0 Å². The Hall–Kier alpha value is -1.30. The number of rotatable bonds is 6. The molecule has 1 saturated heterocycles. The van der Waals surface area contributed by atoms with Gasteiger partial charge in [-0.1, -0.05) is 12.1 Å². The Morgan fingerprint density at radius 2 is 2.10 bits per heavy atom. The molecular weight excluding hydrogens is 258 g/mol. The summed E-state index contributed by atoms with van der Waals surface area (Å²) in [5, 5.41) is 3.37. The fourth-order valence-corrected chi connectivity index (χ4v) is 2.32. The lowest BCUT2D eigenvalue weighted by Gasteiger charge is -2.17. The third-order valence-corrected chi connectivity index (χ3v) is 3.24. The Balaban J connectivity index is 1.88. The molecule has 2 rings (SSSR count). The highest BCUT2D eigenvalue weighted by Crippen LogP contribution is 2.30. The minimum Gasteiger partial charge on any atom is -0.493 e. The van der Waals surface area contributed by atoms with Crippen molar-refractivity contribution in [1.82, 2.24) is 5.32 Å². The summed E-state index contributed by atoms with van der Waals surface area (Å²) in [5.74, 6) is 1.04. The molecule has 0 radical (unpaired) electrons. The summed E-state index contributed by atoms with van der Waals surface area (Å²) < 4.78 is 22.0. The first-order valence-corrected chi connectivity index (χ1v) is 6.78. The Labute approximate surface area is 120 Å². The molecule has 0 spiro atoms. The van der Waals surface area contributed by atoms with E-state index in [0.717, 1.165) is 23.6 Å². The van der Waals surface area contributed by atoms with Gasteiger partial charge < -0.3 is 24.3 Å². The van der Waals surface area contributed by atoms with Crippen molar-refractivity contribution in [2.45, 2.75) is 32.3 Å². The maximum absolute atomic E-state index is 5.75. The Bertz CT molecular complexity index is 447. The molecule has 20 heavy (non-hydrogen) atoms. The van der Waals surface area contributed by atoms with Gasteiger partial charge in [-0.05, 0) is 19.9 Å². The lowest BCUT2D eigenvalue weighted by atomic mass is 10.2. The zero-order valence-corrected chi connectivity index (χ0v) is 12.6. The van der Waals surface area contributed by atoms with Gasteiger partial charge in [0.2, 0.25) is 0 Å². The van der Waals surface area contributed by atoms with E-state index in [4.69, 9.17) is 18.9 Å². The van der Waals surface area contributed by atoms with Gasteiger partial charge in [-0.2, -0.15) is 0 Å². The molecule has 0 bridgehead atoms. The lowest BCUT2D eigenvalue weighted by molar-refractivity contribution is -0.137. The first-order valence-electron chi connectivity index (χ1n) is 6.78. The topological polar surface area (TPSA) is 49.0 Å². The Morgan fingerprint density at radius 1 is 1.30 bits per heavy atom. The van der Waals surface area contributed by atoms with Crippen LogP contribution in [0.5, 0.6) is 11.5 Å². The molecule has 1 unspecified atom stereocenters. The van der Waals surface area contributed by atoms with Crippen LogP contribution < -0.4 is 14.8 Å². The molecule has 112 valence electrons. The van der Waals surface area contributed by atoms with Gasteiger partial charge in [-0.15, -0.1) is 0 Å². The Morgan fingerprint density at radius 3 is 2.70 bits per heavy atom. The van der Waals surface area contributed by atoms with Crippen molar-refractivity contribution in [1.29, 1.82) is 0 Å². The standard InChI is InChI=1S/C15H23NO4/c1-15(2)19-10-12(20-15)9-16-8-11-6-5-7-13(17-3)14(11)18-4/h5-7,12,16H,8-10H2,1-4H3. The van der Waals surface area contributed by atoms with E-state index < -0.39 is 5.79 Å². The van der Waals surface area contributed by atoms with Crippen LogP contribution in [0, 0.1) is 0 Å². The van der Waals surface area contributed by atoms with Crippen molar-refractivity contribution in [3.05, 3.63) is 23.8 Å². The second kappa shape index (κ2) is 6.43. The molecule has 5 heteroatoms. The summed E-state index contributed by atoms with van der Waals surface area (Å²) in [6, 6.07) is 5.86. The van der Waals surface area contributed by atoms with Gasteiger partial charge in [0.05, 0.1) is 26.9 Å². The molecule has 1 aliphatic rings. The molecule has 0 amide bonds. The van der Waals surface area contributed by atoms with Crippen molar-refractivity contribution in [3.8, 4) is 11.5 Å². The van der Waals surface area contributed by atoms with E-state index >= 15 is 0 Å². The smallest absolute Gasteiger partial charge is 0.165 e. The molecule has 1 aromatic rings. The van der Waals surface area contributed by atoms with Crippen molar-refractivity contribution < 1.29 is 18.9 Å². The van der Waals surface area contributed by atoms with E-state index in [2.05, 4.69) is 5.32 Å². The predicted octanol–water partition coefficient (Wildman–Crippen LogP) is 1.94. The fourth-order valence-electron chi connectivity index (χ4n) is 2.32. The van der Waals surface area contributed by atoms with E-state index in [9.17, 15) is 0 Å². The molecule has 0 aromatic heterocycles. The summed E-state index contributed by atoms with van der Waals surface area (Å²) in [6.45, 7) is 5.91. The summed E-state index contributed by atoms with van der Waals surface area (Å²) in [7, 11) is 3.29. The molecular formula is C15H23NO4. The normalized spacial score (nSPS) is 20.9. The van der Waals surface area contributed by atoms with Crippen LogP contribution >= 0.6 is 0 Å². The highest BCUT2D eigenvalue weighted by atomic mass is 16.7. The highest BCUT2D eigenvalue weighted by molar-refractivity contribution is 5.46. The van der Waals surface area contributed by atoms with Crippen LogP contribution in [-0.2, 0) is 16.0 Å². The monoisotopic (exact) mass is 281 g/mol. The van der Waals surface area contributed by atoms with Crippen molar-refractivity contribution in [3.63, 3.8) is 0 Å². The maximum Gasteiger partial charge on any atom is 0.165 e. The molecule has 1 atom stereocenters. The van der Waals surface area contributed by atoms with E-state index in [1.165, 1.54) is 0 Å². The minimum absolute atomic E-state index is 0.0848. The minimum atomic E-state index is -0.472. The zero-order valence-electron chi connectivity index (χ0n) is 12.6. The largest absolute Gasteiger partial charge is 0.493 e. The first-order chi connectivity index (χ1) is 9.55. The van der Waals surface area contributed by atoms with Crippen LogP contribution in [0.2, 0.25) is 0 Å². The molecule has 1 aliphatic heterocycles. The van der Waals surface area contributed by atoms with Crippen molar-refractivity contribution >= 4 is 0 Å². The zero-order chi connectivity index (χ0) is 14.6. The second-order valence-corrected chi connectivity index (χ2v) is 5.23. The fraction of sp³-hybridized carbons (Fsp3) is 0.600. The first kappa shape index (κ1) is 15.1. The predicted molar refractivity (Wildman–Crippen MR) is 76.2 cm³/mol. The molecule has 1 heterocycles. The van der Waals surface area contributed by atoms with Gasteiger partial charge in [0, 0.05) is 18.7 Å². The average Bonchev–Trinajstić information content (AvgIpc) is 2.77. The van der Waals surface area contributed by atoms with Gasteiger partial charge in [-0.3, -0.25) is 0 Å². The number of ether oxygens (including phenoxy) is 4. The van der Waals surface area contributed by atoms with Crippen LogP contribution in [0.3, 0.4) is 0 Å². The van der Waals surface area contributed by atoms with Crippen LogP contribution in [0.4, 0.5) is 0 Å². The van der Waals surface area contributed by atoms with Crippen LogP contribution in [0.1, 0.15) is 19.4 Å². The number of hydrogen-bond donors (Lipinski definition) is 1. The van der Waals surface area contributed by atoms with Gasteiger partial charge in [0.15, 0.2) is 17.3 Å². The number of benzene rings is 1. The molecule has 1 N–H and O–H groups in total. The number of para-hydroxylation sites is 1. The van der Waals surface area contributed by atoms with E-state index in [1.807, 2.05) is 32.0 Å². The van der Waals surface area contributed by atoms with Gasteiger partial charge in [-0.25, -0.2) is 0 Å². The quantitative estimate of drug-likeness (QED) is 0.863. The third kappa shape index (κ3) is 3.62. The lowest BCUT2D eigenvalue weighted by Crippen LogP contribution is -2.30. The second-order valence-electron chi connectivity index (χ2n) is 5.23. The van der Waals surface area contributed by atoms with E-state index in [1.54, 1.807) is 14.2 Å². The van der Waals surface area contributed by atoms with Crippen LogP contribution in [0.25, 0.3) is 0 Å². The van der Waals surface area contributed by atoms with E-state index in [-0.39, 0.29) is 6.10 Å². The SMILES string of the molecule is COc1cccc(CNCC2COC(C)(C)O2)c1OC. The van der Waals surface area contributed by atoms with Gasteiger partial charge in [0.1, 0.15) is 0 Å². The molecule has 0 aliphatic carbocycles. The summed E-state index contributed by atoms with van der Waals surface area (Å²) in [4.78, 5) is 0. The highest BCUT2D eigenvalue weighted by Gasteiger charge is 2.32. The number of nitrogens with one attached hydrogen (secondary N) is 1. The molecule has 1 aromatic carbocycles. The molecule has 1 fully saturated rings. The molecule has 5 nitrogen and oxygen atoms in total. The number of hydrogen-bond acceptors (Lipinski definition) is 5. The third-order valence-electron chi connectivity index (χ3n) is 3.24. The molecule has 0 saturated carbocycles. The Kier molecular flexibility index (Phi) is 4.86. The summed E-state index contributed by atoms with van der Waals surface area (Å²) >= 11 is 0. The van der Waals surface area contributed by atoms with Crippen LogP contribution in [-0.4, -0.2) is 39.3 Å². The number of methoxy groups -OCH3 is 2. The van der Waals surface area contributed by atoms with Crippen LogP contribution in [0.15, 0.2) is 18.2 Å². The van der Waals surface area contributed by atoms with Gasteiger partial charge >= 0.3 is 0 Å². The summed E-state index contributed by atoms with van der Waals surface area (Å²) in [5.41, 5.74) is 1.06. The maximum atomic E-state index is 5.75. The van der Waals surface area contributed by atoms with Crippen molar-refractivity contribution in [2.24, 2.45) is 0 Å². The van der Waals surface area contributed by atoms with E-state index in [0.29, 0.717) is 13.2 Å². The van der Waals surface area contributed by atoms with Crippen molar-refractivity contribution in [2.75, 3.05) is 27.4 Å².